The Hall–Kier alpha value is -0.740. The number of benzene rings is 1. The van der Waals surface area contributed by atoms with Gasteiger partial charge in [0.25, 0.3) is 0 Å². The van der Waals surface area contributed by atoms with Gasteiger partial charge < -0.3 is 14.8 Å². The molecule has 2 rings (SSSR count). The van der Waals surface area contributed by atoms with E-state index in [1.165, 1.54) is 0 Å². The maximum atomic E-state index is 5.83. The second-order valence-corrected chi connectivity index (χ2v) is 5.06. The lowest BCUT2D eigenvalue weighted by molar-refractivity contribution is 0.0190. The van der Waals surface area contributed by atoms with Crippen LogP contribution >= 0.6 is 15.9 Å². The quantitative estimate of drug-likeness (QED) is 0.926. The second-order valence-electron chi connectivity index (χ2n) is 4.14. The minimum absolute atomic E-state index is 0.0936. The molecule has 16 heavy (non-hydrogen) atoms. The van der Waals surface area contributed by atoms with Crippen LogP contribution in [0.15, 0.2) is 22.7 Å². The van der Waals surface area contributed by atoms with Gasteiger partial charge in [0.1, 0.15) is 11.9 Å². The number of anilines is 1. The van der Waals surface area contributed by atoms with Gasteiger partial charge >= 0.3 is 0 Å². The number of rotatable bonds is 3. The molecule has 3 nitrogen and oxygen atoms in total. The van der Waals surface area contributed by atoms with Crippen LogP contribution in [0.2, 0.25) is 0 Å². The van der Waals surface area contributed by atoms with Crippen LogP contribution in [0.5, 0.6) is 5.75 Å². The summed E-state index contributed by atoms with van der Waals surface area (Å²) in [5.41, 5.74) is 1.04. The van der Waals surface area contributed by atoms with E-state index < -0.39 is 0 Å². The van der Waals surface area contributed by atoms with Crippen molar-refractivity contribution in [2.45, 2.75) is 26.1 Å². The summed E-state index contributed by atoms with van der Waals surface area (Å²) in [6.45, 7) is 5.47. The van der Waals surface area contributed by atoms with Crippen LogP contribution in [0.1, 0.15) is 13.8 Å². The maximum Gasteiger partial charge on any atom is 0.143 e. The Kier molecular flexibility index (Phi) is 3.71. The summed E-state index contributed by atoms with van der Waals surface area (Å²) >= 11 is 3.44. The third kappa shape index (κ3) is 2.89. The normalized spacial score (nSPS) is 18.9. The minimum Gasteiger partial charge on any atom is -0.484 e. The van der Waals surface area contributed by atoms with Crippen LogP contribution in [0.25, 0.3) is 0 Å². The molecule has 1 N–H and O–H groups in total. The molecule has 1 atom stereocenters. The molecule has 0 saturated carbocycles. The van der Waals surface area contributed by atoms with E-state index in [1.54, 1.807) is 0 Å². The van der Waals surface area contributed by atoms with Gasteiger partial charge in [-0.1, -0.05) is 15.9 Å². The van der Waals surface area contributed by atoms with E-state index >= 15 is 0 Å². The molecule has 1 unspecified atom stereocenters. The van der Waals surface area contributed by atoms with Crippen molar-refractivity contribution in [2.75, 3.05) is 18.5 Å². The van der Waals surface area contributed by atoms with E-state index in [-0.39, 0.29) is 12.2 Å². The Balaban J connectivity index is 1.98. The molecule has 0 aromatic heterocycles. The summed E-state index contributed by atoms with van der Waals surface area (Å²) < 4.78 is 12.4. The lowest BCUT2D eigenvalue weighted by Gasteiger charge is -2.27. The molecule has 1 heterocycles. The number of ether oxygens (including phenoxy) is 2. The third-order valence-electron chi connectivity index (χ3n) is 2.37. The molecule has 0 aliphatic carbocycles. The molecule has 1 aliphatic heterocycles. The van der Waals surface area contributed by atoms with Gasteiger partial charge in [-0.15, -0.1) is 0 Å². The Morgan fingerprint density at radius 3 is 3.12 bits per heavy atom. The smallest absolute Gasteiger partial charge is 0.143 e. The SMILES string of the molecule is CC(C)OCC1CNc2cc(Br)ccc2O1. The van der Waals surface area contributed by atoms with Crippen LogP contribution in [0, 0.1) is 0 Å². The molecule has 0 radical (unpaired) electrons. The average Bonchev–Trinajstić information content (AvgIpc) is 2.26. The maximum absolute atomic E-state index is 5.83. The summed E-state index contributed by atoms with van der Waals surface area (Å²) in [6.07, 6.45) is 0.339. The highest BCUT2D eigenvalue weighted by Crippen LogP contribution is 2.31. The van der Waals surface area contributed by atoms with Crippen molar-refractivity contribution in [3.05, 3.63) is 22.7 Å². The fourth-order valence-corrected chi connectivity index (χ4v) is 1.94. The summed E-state index contributed by atoms with van der Waals surface area (Å²) in [5, 5.41) is 3.34. The van der Waals surface area contributed by atoms with Crippen molar-refractivity contribution in [2.24, 2.45) is 0 Å². The van der Waals surface area contributed by atoms with Gasteiger partial charge in [-0.05, 0) is 32.0 Å². The highest BCUT2D eigenvalue weighted by Gasteiger charge is 2.19. The molecular weight excluding hydrogens is 270 g/mol. The summed E-state index contributed by atoms with van der Waals surface area (Å²) in [6, 6.07) is 5.97. The molecule has 1 aliphatic rings. The fraction of sp³-hybridized carbons (Fsp3) is 0.500. The first-order chi connectivity index (χ1) is 7.65. The number of halogens is 1. The molecule has 0 saturated heterocycles. The topological polar surface area (TPSA) is 30.5 Å². The van der Waals surface area contributed by atoms with Crippen LogP contribution in [0.4, 0.5) is 5.69 Å². The average molecular weight is 286 g/mol. The predicted octanol–water partition coefficient (Wildman–Crippen LogP) is 3.05. The highest BCUT2D eigenvalue weighted by molar-refractivity contribution is 9.10. The molecule has 1 aromatic rings. The van der Waals surface area contributed by atoms with Gasteiger partial charge in [0, 0.05) is 4.47 Å². The Morgan fingerprint density at radius 2 is 2.38 bits per heavy atom. The molecule has 0 amide bonds. The third-order valence-corrected chi connectivity index (χ3v) is 2.86. The molecule has 0 fully saturated rings. The molecular formula is C12H16BrNO2. The van der Waals surface area contributed by atoms with Crippen LogP contribution in [0.3, 0.4) is 0 Å². The van der Waals surface area contributed by atoms with Crippen LogP contribution in [-0.4, -0.2) is 25.4 Å². The Bertz CT molecular complexity index is 368. The van der Waals surface area contributed by atoms with Gasteiger partial charge in [0.15, 0.2) is 0 Å². The van der Waals surface area contributed by atoms with E-state index in [9.17, 15) is 0 Å². The Labute approximate surface area is 104 Å². The zero-order chi connectivity index (χ0) is 11.5. The monoisotopic (exact) mass is 285 g/mol. The number of hydrogen-bond donors (Lipinski definition) is 1. The van der Waals surface area contributed by atoms with Crippen molar-refractivity contribution in [3.63, 3.8) is 0 Å². The highest BCUT2D eigenvalue weighted by atomic mass is 79.9. The van der Waals surface area contributed by atoms with E-state index in [0.717, 1.165) is 22.5 Å². The van der Waals surface area contributed by atoms with Gasteiger partial charge in [0.05, 0.1) is 24.9 Å². The largest absolute Gasteiger partial charge is 0.484 e. The standard InChI is InChI=1S/C12H16BrNO2/c1-8(2)15-7-10-6-14-11-5-9(13)3-4-12(11)16-10/h3-5,8,10,14H,6-7H2,1-2H3. The summed E-state index contributed by atoms with van der Waals surface area (Å²) in [7, 11) is 0. The second kappa shape index (κ2) is 5.06. The van der Waals surface area contributed by atoms with Crippen molar-refractivity contribution in [3.8, 4) is 5.75 Å². The van der Waals surface area contributed by atoms with E-state index in [2.05, 4.69) is 21.2 Å². The van der Waals surface area contributed by atoms with Crippen molar-refractivity contribution < 1.29 is 9.47 Å². The molecule has 88 valence electrons. The van der Waals surface area contributed by atoms with E-state index in [1.807, 2.05) is 32.0 Å². The van der Waals surface area contributed by atoms with Gasteiger partial charge in [-0.3, -0.25) is 0 Å². The van der Waals surface area contributed by atoms with Gasteiger partial charge in [-0.25, -0.2) is 0 Å². The fourth-order valence-electron chi connectivity index (χ4n) is 1.58. The lowest BCUT2D eigenvalue weighted by atomic mass is 10.2. The van der Waals surface area contributed by atoms with Crippen molar-refractivity contribution >= 4 is 21.6 Å². The zero-order valence-electron chi connectivity index (χ0n) is 9.50. The van der Waals surface area contributed by atoms with E-state index in [0.29, 0.717) is 6.61 Å². The summed E-state index contributed by atoms with van der Waals surface area (Å²) in [4.78, 5) is 0. The van der Waals surface area contributed by atoms with Crippen molar-refractivity contribution in [1.82, 2.24) is 0 Å². The number of nitrogens with one attached hydrogen (secondary N) is 1. The number of hydrogen-bond acceptors (Lipinski definition) is 3. The van der Waals surface area contributed by atoms with Crippen molar-refractivity contribution in [1.29, 1.82) is 0 Å². The molecule has 1 aromatic carbocycles. The lowest BCUT2D eigenvalue weighted by Crippen LogP contribution is -2.35. The first-order valence-corrected chi connectivity index (χ1v) is 6.26. The molecule has 0 bridgehead atoms. The summed E-state index contributed by atoms with van der Waals surface area (Å²) in [5.74, 6) is 0.895. The van der Waals surface area contributed by atoms with Gasteiger partial charge in [0.2, 0.25) is 0 Å². The van der Waals surface area contributed by atoms with E-state index in [4.69, 9.17) is 9.47 Å². The van der Waals surface area contributed by atoms with Gasteiger partial charge in [-0.2, -0.15) is 0 Å². The molecule has 0 spiro atoms. The minimum atomic E-state index is 0.0936. The Morgan fingerprint density at radius 1 is 1.56 bits per heavy atom. The first-order valence-electron chi connectivity index (χ1n) is 5.47. The molecule has 4 heteroatoms. The van der Waals surface area contributed by atoms with Crippen LogP contribution in [-0.2, 0) is 4.74 Å². The zero-order valence-corrected chi connectivity index (χ0v) is 11.1. The predicted molar refractivity (Wildman–Crippen MR) is 68.1 cm³/mol. The number of fused-ring (bicyclic) bond motifs is 1. The first kappa shape index (κ1) is 11.7. The van der Waals surface area contributed by atoms with Crippen LogP contribution < -0.4 is 10.1 Å².